The number of nitrogens with zero attached hydrogens (tertiary/aromatic N) is 1. The topological polar surface area (TPSA) is 15.3 Å². The van der Waals surface area contributed by atoms with E-state index >= 15 is 0 Å². The number of nitrogens with one attached hydrogen (secondary N) is 1. The number of rotatable bonds is 5. The number of hydrogen-bond donors (Lipinski definition) is 1. The molecule has 3 unspecified atom stereocenters. The smallest absolute Gasteiger partial charge is 0.0222 e. The summed E-state index contributed by atoms with van der Waals surface area (Å²) in [4.78, 5) is 2.58. The SMILES string of the molecule is CCC(C)C1CN(CC(C)=CCl)C(CC)CN1. The van der Waals surface area contributed by atoms with Gasteiger partial charge >= 0.3 is 0 Å². The lowest BCUT2D eigenvalue weighted by Crippen LogP contribution is -2.58. The summed E-state index contributed by atoms with van der Waals surface area (Å²) in [6.45, 7) is 12.3. The maximum atomic E-state index is 5.78. The van der Waals surface area contributed by atoms with Crippen molar-refractivity contribution in [3.63, 3.8) is 0 Å². The molecule has 0 amide bonds. The molecule has 3 atom stereocenters. The van der Waals surface area contributed by atoms with Gasteiger partial charge in [-0.2, -0.15) is 0 Å². The van der Waals surface area contributed by atoms with Crippen LogP contribution in [-0.2, 0) is 0 Å². The van der Waals surface area contributed by atoms with Crippen molar-refractivity contribution in [3.05, 3.63) is 11.1 Å². The number of piperazine rings is 1. The van der Waals surface area contributed by atoms with Gasteiger partial charge in [0.1, 0.15) is 0 Å². The molecule has 1 fully saturated rings. The van der Waals surface area contributed by atoms with E-state index in [0.717, 1.165) is 25.6 Å². The molecular formula is C14H27ClN2. The zero-order chi connectivity index (χ0) is 12.8. The van der Waals surface area contributed by atoms with Crippen molar-refractivity contribution in [3.8, 4) is 0 Å². The Hall–Kier alpha value is -0.0500. The first-order valence-electron chi connectivity index (χ1n) is 6.85. The highest BCUT2D eigenvalue weighted by Gasteiger charge is 2.28. The molecule has 100 valence electrons. The van der Waals surface area contributed by atoms with E-state index < -0.39 is 0 Å². The van der Waals surface area contributed by atoms with Gasteiger partial charge in [0.05, 0.1) is 0 Å². The summed E-state index contributed by atoms with van der Waals surface area (Å²) >= 11 is 5.78. The molecule has 1 N–H and O–H groups in total. The predicted molar refractivity (Wildman–Crippen MR) is 76.5 cm³/mol. The molecule has 2 nitrogen and oxygen atoms in total. The molecule has 1 rings (SSSR count). The third kappa shape index (κ3) is 4.27. The Morgan fingerprint density at radius 3 is 2.76 bits per heavy atom. The van der Waals surface area contributed by atoms with Gasteiger partial charge in [0.2, 0.25) is 0 Å². The van der Waals surface area contributed by atoms with Gasteiger partial charge < -0.3 is 5.32 Å². The molecule has 0 aromatic rings. The Bertz CT molecular complexity index is 253. The van der Waals surface area contributed by atoms with Crippen LogP contribution in [0.5, 0.6) is 0 Å². The molecule has 0 aliphatic carbocycles. The van der Waals surface area contributed by atoms with Crippen molar-refractivity contribution >= 4 is 11.6 Å². The molecular weight excluding hydrogens is 232 g/mol. The molecule has 1 aliphatic rings. The van der Waals surface area contributed by atoms with Crippen LogP contribution < -0.4 is 5.32 Å². The molecule has 0 spiro atoms. The fourth-order valence-electron chi connectivity index (χ4n) is 2.50. The Morgan fingerprint density at radius 2 is 2.24 bits per heavy atom. The van der Waals surface area contributed by atoms with Gasteiger partial charge in [-0.25, -0.2) is 0 Å². The van der Waals surface area contributed by atoms with Crippen molar-refractivity contribution in [1.29, 1.82) is 0 Å². The lowest BCUT2D eigenvalue weighted by atomic mass is 9.94. The minimum atomic E-state index is 0.630. The highest BCUT2D eigenvalue weighted by atomic mass is 35.5. The van der Waals surface area contributed by atoms with E-state index in [0.29, 0.717) is 12.1 Å². The van der Waals surface area contributed by atoms with Gasteiger partial charge in [0, 0.05) is 37.3 Å². The summed E-state index contributed by atoms with van der Waals surface area (Å²) in [6, 6.07) is 1.28. The van der Waals surface area contributed by atoms with E-state index in [2.05, 4.69) is 37.9 Å². The van der Waals surface area contributed by atoms with Crippen LogP contribution in [0.25, 0.3) is 0 Å². The van der Waals surface area contributed by atoms with Crippen LogP contribution in [0, 0.1) is 5.92 Å². The number of hydrogen-bond acceptors (Lipinski definition) is 2. The van der Waals surface area contributed by atoms with Crippen LogP contribution in [0.4, 0.5) is 0 Å². The Balaban J connectivity index is 2.61. The summed E-state index contributed by atoms with van der Waals surface area (Å²) in [6.07, 6.45) is 2.45. The quantitative estimate of drug-likeness (QED) is 0.815. The predicted octanol–water partition coefficient (Wildman–Crippen LogP) is 3.23. The van der Waals surface area contributed by atoms with Crippen LogP contribution in [0.1, 0.15) is 40.5 Å². The van der Waals surface area contributed by atoms with E-state index in [4.69, 9.17) is 11.6 Å². The molecule has 1 heterocycles. The van der Waals surface area contributed by atoms with E-state index in [1.807, 2.05) is 0 Å². The van der Waals surface area contributed by atoms with Crippen molar-refractivity contribution in [2.24, 2.45) is 5.92 Å². The highest BCUT2D eigenvalue weighted by Crippen LogP contribution is 2.18. The minimum Gasteiger partial charge on any atom is -0.311 e. The molecule has 0 aromatic heterocycles. The second-order valence-electron chi connectivity index (χ2n) is 5.35. The van der Waals surface area contributed by atoms with Gasteiger partial charge in [-0.15, -0.1) is 0 Å². The normalized spacial score (nSPS) is 29.4. The van der Waals surface area contributed by atoms with E-state index in [1.54, 1.807) is 5.54 Å². The highest BCUT2D eigenvalue weighted by molar-refractivity contribution is 6.25. The van der Waals surface area contributed by atoms with Crippen LogP contribution >= 0.6 is 11.6 Å². The third-order valence-corrected chi connectivity index (χ3v) is 4.38. The largest absolute Gasteiger partial charge is 0.311 e. The summed E-state index contributed by atoms with van der Waals surface area (Å²) in [7, 11) is 0. The zero-order valence-electron chi connectivity index (χ0n) is 11.7. The Labute approximate surface area is 111 Å². The summed E-state index contributed by atoms with van der Waals surface area (Å²) in [5.41, 5.74) is 2.97. The monoisotopic (exact) mass is 258 g/mol. The molecule has 0 bridgehead atoms. The second kappa shape index (κ2) is 7.40. The molecule has 0 aromatic carbocycles. The van der Waals surface area contributed by atoms with Crippen molar-refractivity contribution in [2.45, 2.75) is 52.6 Å². The standard InChI is InChI=1S/C14H27ClN2/c1-5-12(4)14-10-17(9-11(3)7-15)13(6-2)8-16-14/h7,12-14,16H,5-6,8-10H2,1-4H3. The van der Waals surface area contributed by atoms with Crippen LogP contribution in [0.15, 0.2) is 11.1 Å². The van der Waals surface area contributed by atoms with Crippen LogP contribution in [-0.4, -0.2) is 36.6 Å². The molecule has 0 radical (unpaired) electrons. The summed E-state index contributed by atoms with van der Waals surface area (Å²) < 4.78 is 0. The van der Waals surface area contributed by atoms with Gasteiger partial charge in [0.15, 0.2) is 0 Å². The van der Waals surface area contributed by atoms with Crippen molar-refractivity contribution < 1.29 is 0 Å². The molecule has 17 heavy (non-hydrogen) atoms. The van der Waals surface area contributed by atoms with Gasteiger partial charge in [-0.1, -0.05) is 38.8 Å². The Kier molecular flexibility index (Phi) is 6.53. The van der Waals surface area contributed by atoms with Crippen molar-refractivity contribution in [2.75, 3.05) is 19.6 Å². The first kappa shape index (κ1) is 15.0. The molecule has 1 aliphatic heterocycles. The average molecular weight is 259 g/mol. The minimum absolute atomic E-state index is 0.630. The average Bonchev–Trinajstić information content (AvgIpc) is 2.37. The molecule has 3 heteroatoms. The van der Waals surface area contributed by atoms with Crippen LogP contribution in [0.3, 0.4) is 0 Å². The second-order valence-corrected chi connectivity index (χ2v) is 5.57. The van der Waals surface area contributed by atoms with E-state index in [9.17, 15) is 0 Å². The first-order chi connectivity index (χ1) is 8.12. The lowest BCUT2D eigenvalue weighted by Gasteiger charge is -2.42. The fraction of sp³-hybridized carbons (Fsp3) is 0.857. The van der Waals surface area contributed by atoms with Gasteiger partial charge in [-0.3, -0.25) is 4.90 Å². The third-order valence-electron chi connectivity index (χ3n) is 4.00. The van der Waals surface area contributed by atoms with Crippen LogP contribution in [0.2, 0.25) is 0 Å². The van der Waals surface area contributed by atoms with Gasteiger partial charge in [-0.05, 0) is 24.8 Å². The van der Waals surface area contributed by atoms with E-state index in [-0.39, 0.29) is 0 Å². The number of halogens is 1. The maximum Gasteiger partial charge on any atom is 0.0222 e. The molecule has 0 saturated carbocycles. The zero-order valence-corrected chi connectivity index (χ0v) is 12.4. The van der Waals surface area contributed by atoms with E-state index in [1.165, 1.54) is 18.4 Å². The maximum absolute atomic E-state index is 5.78. The lowest BCUT2D eigenvalue weighted by molar-refractivity contribution is 0.116. The Morgan fingerprint density at radius 1 is 1.53 bits per heavy atom. The summed E-state index contributed by atoms with van der Waals surface area (Å²) in [5, 5.41) is 3.70. The van der Waals surface area contributed by atoms with Crippen molar-refractivity contribution in [1.82, 2.24) is 10.2 Å². The summed E-state index contributed by atoms with van der Waals surface area (Å²) in [5.74, 6) is 0.746. The fourth-order valence-corrected chi connectivity index (χ4v) is 2.57. The molecule has 1 saturated heterocycles. The first-order valence-corrected chi connectivity index (χ1v) is 7.29. The van der Waals surface area contributed by atoms with Gasteiger partial charge in [0.25, 0.3) is 0 Å².